The Morgan fingerprint density at radius 1 is 1.50 bits per heavy atom. The first-order valence-electron chi connectivity index (χ1n) is 6.78. The van der Waals surface area contributed by atoms with E-state index >= 15 is 0 Å². The molecule has 102 valence electrons. The van der Waals surface area contributed by atoms with E-state index in [4.69, 9.17) is 4.74 Å². The molecule has 2 aliphatic heterocycles. The number of morpholine rings is 1. The van der Waals surface area contributed by atoms with E-state index in [1.807, 2.05) is 4.90 Å². The van der Waals surface area contributed by atoms with Crippen molar-refractivity contribution in [3.05, 3.63) is 11.6 Å². The lowest BCUT2D eigenvalue weighted by atomic mass is 9.83. The van der Waals surface area contributed by atoms with Crippen LogP contribution in [0.1, 0.15) is 27.2 Å². The minimum absolute atomic E-state index is 0.150. The highest BCUT2D eigenvalue weighted by atomic mass is 16.5. The van der Waals surface area contributed by atoms with Gasteiger partial charge in [-0.1, -0.05) is 32.4 Å². The lowest BCUT2D eigenvalue weighted by Gasteiger charge is -2.35. The lowest BCUT2D eigenvalue weighted by molar-refractivity contribution is -0.136. The Hall–Kier alpha value is -0.870. The summed E-state index contributed by atoms with van der Waals surface area (Å²) in [5.74, 6) is 0.180. The van der Waals surface area contributed by atoms with Crippen molar-refractivity contribution in [1.29, 1.82) is 0 Å². The molecule has 1 N–H and O–H groups in total. The van der Waals surface area contributed by atoms with Gasteiger partial charge in [0, 0.05) is 19.6 Å². The molecule has 0 spiro atoms. The van der Waals surface area contributed by atoms with Crippen molar-refractivity contribution in [3.63, 3.8) is 0 Å². The molecule has 2 rings (SSSR count). The fourth-order valence-electron chi connectivity index (χ4n) is 2.49. The van der Waals surface area contributed by atoms with E-state index in [-0.39, 0.29) is 17.4 Å². The minimum atomic E-state index is -0.150. The van der Waals surface area contributed by atoms with Crippen LogP contribution in [0.2, 0.25) is 0 Å². The zero-order chi connectivity index (χ0) is 13.2. The molecule has 0 aromatic heterocycles. The van der Waals surface area contributed by atoms with Gasteiger partial charge >= 0.3 is 0 Å². The standard InChI is InChI=1S/C14H24N2O2/c1-14(2,3)11-4-7-16(8-5-11)13(17)12-10-18-9-6-15-12/h4,12,15H,5-10H2,1-3H3. The summed E-state index contributed by atoms with van der Waals surface area (Å²) in [6.07, 6.45) is 3.20. The Balaban J connectivity index is 1.92. The second kappa shape index (κ2) is 5.41. The summed E-state index contributed by atoms with van der Waals surface area (Å²) in [5.41, 5.74) is 1.68. The molecule has 0 aromatic carbocycles. The van der Waals surface area contributed by atoms with Gasteiger partial charge in [0.2, 0.25) is 5.91 Å². The number of amides is 1. The summed E-state index contributed by atoms with van der Waals surface area (Å²) >= 11 is 0. The van der Waals surface area contributed by atoms with E-state index in [9.17, 15) is 4.79 Å². The topological polar surface area (TPSA) is 41.6 Å². The van der Waals surface area contributed by atoms with E-state index in [1.54, 1.807) is 0 Å². The maximum Gasteiger partial charge on any atom is 0.242 e. The van der Waals surface area contributed by atoms with Crippen LogP contribution in [0.4, 0.5) is 0 Å². The first kappa shape index (κ1) is 13.6. The maximum atomic E-state index is 12.3. The third-order valence-corrected chi connectivity index (χ3v) is 3.70. The molecule has 4 heteroatoms. The molecule has 1 atom stereocenters. The molecule has 0 radical (unpaired) electrons. The molecule has 1 unspecified atom stereocenters. The molecule has 1 amide bonds. The van der Waals surface area contributed by atoms with Gasteiger partial charge in [-0.3, -0.25) is 4.79 Å². The Kier molecular flexibility index (Phi) is 4.07. The van der Waals surface area contributed by atoms with Crippen LogP contribution in [-0.4, -0.2) is 49.7 Å². The van der Waals surface area contributed by atoms with Crippen molar-refractivity contribution in [3.8, 4) is 0 Å². The molecule has 2 heterocycles. The highest BCUT2D eigenvalue weighted by Crippen LogP contribution is 2.30. The van der Waals surface area contributed by atoms with Crippen LogP contribution in [0.25, 0.3) is 0 Å². The number of hydrogen-bond acceptors (Lipinski definition) is 3. The highest BCUT2D eigenvalue weighted by Gasteiger charge is 2.29. The Morgan fingerprint density at radius 3 is 2.78 bits per heavy atom. The van der Waals surface area contributed by atoms with Crippen molar-refractivity contribution >= 4 is 5.91 Å². The largest absolute Gasteiger partial charge is 0.378 e. The number of rotatable bonds is 1. The van der Waals surface area contributed by atoms with Gasteiger partial charge in [-0.2, -0.15) is 0 Å². The normalized spacial score (nSPS) is 25.8. The number of carbonyl (C=O) groups is 1. The molecule has 0 bridgehead atoms. The molecule has 2 aliphatic rings. The maximum absolute atomic E-state index is 12.3. The molecule has 0 aromatic rings. The smallest absolute Gasteiger partial charge is 0.242 e. The summed E-state index contributed by atoms with van der Waals surface area (Å²) < 4.78 is 5.34. The third kappa shape index (κ3) is 3.12. The average Bonchev–Trinajstić information content (AvgIpc) is 2.38. The summed E-state index contributed by atoms with van der Waals surface area (Å²) in [5, 5.41) is 3.22. The molecule has 1 saturated heterocycles. The van der Waals surface area contributed by atoms with E-state index in [0.29, 0.717) is 13.2 Å². The van der Waals surface area contributed by atoms with E-state index in [0.717, 1.165) is 26.1 Å². The number of carbonyl (C=O) groups excluding carboxylic acids is 1. The van der Waals surface area contributed by atoms with Gasteiger partial charge in [-0.05, 0) is 11.8 Å². The Bertz CT molecular complexity index is 338. The molecular weight excluding hydrogens is 228 g/mol. The van der Waals surface area contributed by atoms with Crippen molar-refractivity contribution < 1.29 is 9.53 Å². The van der Waals surface area contributed by atoms with Gasteiger partial charge in [0.1, 0.15) is 6.04 Å². The van der Waals surface area contributed by atoms with Gasteiger partial charge < -0.3 is 15.0 Å². The Labute approximate surface area is 109 Å². The number of ether oxygens (including phenoxy) is 1. The molecule has 0 aliphatic carbocycles. The predicted molar refractivity (Wildman–Crippen MR) is 71.3 cm³/mol. The third-order valence-electron chi connectivity index (χ3n) is 3.70. The van der Waals surface area contributed by atoms with Crippen LogP contribution < -0.4 is 5.32 Å². The second-order valence-electron chi connectivity index (χ2n) is 6.10. The minimum Gasteiger partial charge on any atom is -0.378 e. The van der Waals surface area contributed by atoms with Crippen molar-refractivity contribution in [1.82, 2.24) is 10.2 Å². The van der Waals surface area contributed by atoms with Crippen molar-refractivity contribution in [2.24, 2.45) is 5.41 Å². The monoisotopic (exact) mass is 252 g/mol. The quantitative estimate of drug-likeness (QED) is 0.713. The van der Waals surface area contributed by atoms with Crippen LogP contribution in [0.15, 0.2) is 11.6 Å². The number of hydrogen-bond donors (Lipinski definition) is 1. The molecule has 0 saturated carbocycles. The highest BCUT2D eigenvalue weighted by molar-refractivity contribution is 5.82. The number of nitrogens with zero attached hydrogens (tertiary/aromatic N) is 1. The van der Waals surface area contributed by atoms with E-state index in [1.165, 1.54) is 5.57 Å². The van der Waals surface area contributed by atoms with Gasteiger partial charge in [0.15, 0.2) is 0 Å². The van der Waals surface area contributed by atoms with Crippen molar-refractivity contribution in [2.75, 3.05) is 32.8 Å². The molecule has 1 fully saturated rings. The van der Waals surface area contributed by atoms with Crippen LogP contribution in [-0.2, 0) is 9.53 Å². The van der Waals surface area contributed by atoms with Gasteiger partial charge in [0.05, 0.1) is 13.2 Å². The summed E-state index contributed by atoms with van der Waals surface area (Å²) in [6, 6.07) is -0.150. The predicted octanol–water partition coefficient (Wildman–Crippen LogP) is 1.18. The molecule has 18 heavy (non-hydrogen) atoms. The summed E-state index contributed by atoms with van der Waals surface area (Å²) in [6.45, 7) is 10.2. The van der Waals surface area contributed by atoms with E-state index in [2.05, 4.69) is 32.2 Å². The van der Waals surface area contributed by atoms with Crippen LogP contribution in [0.3, 0.4) is 0 Å². The molecular formula is C14H24N2O2. The second-order valence-corrected chi connectivity index (χ2v) is 6.10. The van der Waals surface area contributed by atoms with Crippen LogP contribution in [0, 0.1) is 5.41 Å². The van der Waals surface area contributed by atoms with Crippen LogP contribution >= 0.6 is 0 Å². The summed E-state index contributed by atoms with van der Waals surface area (Å²) in [4.78, 5) is 14.2. The lowest BCUT2D eigenvalue weighted by Crippen LogP contribution is -2.53. The zero-order valence-electron chi connectivity index (χ0n) is 11.7. The SMILES string of the molecule is CC(C)(C)C1=CCN(C(=O)C2COCCN2)CC1. The molecule has 4 nitrogen and oxygen atoms in total. The average molecular weight is 252 g/mol. The number of nitrogens with one attached hydrogen (secondary N) is 1. The Morgan fingerprint density at radius 2 is 2.28 bits per heavy atom. The zero-order valence-corrected chi connectivity index (χ0v) is 11.7. The van der Waals surface area contributed by atoms with Gasteiger partial charge in [0.25, 0.3) is 0 Å². The van der Waals surface area contributed by atoms with Gasteiger partial charge in [-0.25, -0.2) is 0 Å². The fourth-order valence-corrected chi connectivity index (χ4v) is 2.49. The first-order valence-corrected chi connectivity index (χ1v) is 6.78. The fraction of sp³-hybridized carbons (Fsp3) is 0.786. The van der Waals surface area contributed by atoms with Crippen LogP contribution in [0.5, 0.6) is 0 Å². The first-order chi connectivity index (χ1) is 8.48. The van der Waals surface area contributed by atoms with Gasteiger partial charge in [-0.15, -0.1) is 0 Å². The van der Waals surface area contributed by atoms with E-state index < -0.39 is 0 Å². The van der Waals surface area contributed by atoms with Crippen molar-refractivity contribution in [2.45, 2.75) is 33.2 Å². The summed E-state index contributed by atoms with van der Waals surface area (Å²) in [7, 11) is 0.